The normalized spacial score (nSPS) is 19.1. The predicted molar refractivity (Wildman–Crippen MR) is 57.9 cm³/mol. The first-order valence-corrected chi connectivity index (χ1v) is 5.24. The van der Waals surface area contributed by atoms with Crippen molar-refractivity contribution in [2.24, 2.45) is 11.7 Å². The van der Waals surface area contributed by atoms with Gasteiger partial charge in [0, 0.05) is 26.1 Å². The number of piperidine rings is 1. The zero-order valence-electron chi connectivity index (χ0n) is 9.32. The molecular formula is C11H18N2O2. The van der Waals surface area contributed by atoms with Gasteiger partial charge in [0.1, 0.15) is 0 Å². The van der Waals surface area contributed by atoms with Crippen LogP contribution in [0, 0.1) is 5.92 Å². The molecule has 1 fully saturated rings. The molecule has 0 atom stereocenters. The lowest BCUT2D eigenvalue weighted by Crippen LogP contribution is -2.37. The van der Waals surface area contributed by atoms with Crippen molar-refractivity contribution in [2.75, 3.05) is 13.1 Å². The quantitative estimate of drug-likeness (QED) is 0.681. The molecular weight excluding hydrogens is 192 g/mol. The van der Waals surface area contributed by atoms with Gasteiger partial charge in [-0.15, -0.1) is 0 Å². The smallest absolute Gasteiger partial charge is 0.241 e. The third-order valence-electron chi connectivity index (χ3n) is 2.95. The van der Waals surface area contributed by atoms with Crippen molar-refractivity contribution in [3.8, 4) is 0 Å². The average Bonchev–Trinajstić information content (AvgIpc) is 2.17. The number of likely N-dealkylation sites (tertiary alicyclic amines) is 1. The maximum atomic E-state index is 11.1. The number of carbonyl (C=O) groups is 2. The van der Waals surface area contributed by atoms with Crippen LogP contribution in [0.1, 0.15) is 26.7 Å². The van der Waals surface area contributed by atoms with Crippen LogP contribution in [-0.2, 0) is 9.59 Å². The summed E-state index contributed by atoms with van der Waals surface area (Å²) in [6.07, 6.45) is 3.35. The summed E-state index contributed by atoms with van der Waals surface area (Å²) in [4.78, 5) is 23.6. The van der Waals surface area contributed by atoms with Crippen LogP contribution in [0.2, 0.25) is 0 Å². The second-order valence-corrected chi connectivity index (χ2v) is 4.07. The fourth-order valence-corrected chi connectivity index (χ4v) is 1.99. The standard InChI is InChI=1S/C11H18N2O2/c1-8(7-11(12)15)10-3-5-13(6-4-10)9(2)14/h7,10H,3-6H2,1-2H3,(H2,12,15)/b8-7+. The Balaban J connectivity index is 2.50. The van der Waals surface area contributed by atoms with E-state index in [1.165, 1.54) is 6.08 Å². The Morgan fingerprint density at radius 1 is 1.27 bits per heavy atom. The van der Waals surface area contributed by atoms with Gasteiger partial charge in [0.2, 0.25) is 11.8 Å². The summed E-state index contributed by atoms with van der Waals surface area (Å²) < 4.78 is 0. The van der Waals surface area contributed by atoms with Crippen molar-refractivity contribution >= 4 is 11.8 Å². The van der Waals surface area contributed by atoms with Crippen LogP contribution in [0.3, 0.4) is 0 Å². The molecule has 0 bridgehead atoms. The molecule has 4 heteroatoms. The zero-order valence-corrected chi connectivity index (χ0v) is 9.32. The van der Waals surface area contributed by atoms with Gasteiger partial charge in [0.15, 0.2) is 0 Å². The van der Waals surface area contributed by atoms with Gasteiger partial charge in [0.05, 0.1) is 0 Å². The van der Waals surface area contributed by atoms with Crippen molar-refractivity contribution in [2.45, 2.75) is 26.7 Å². The number of allylic oxidation sites excluding steroid dienone is 1. The first-order valence-electron chi connectivity index (χ1n) is 5.24. The summed E-state index contributed by atoms with van der Waals surface area (Å²) in [5, 5.41) is 0. The van der Waals surface area contributed by atoms with Gasteiger partial charge in [-0.2, -0.15) is 0 Å². The van der Waals surface area contributed by atoms with Crippen LogP contribution in [0.15, 0.2) is 11.6 Å². The Morgan fingerprint density at radius 2 is 1.80 bits per heavy atom. The lowest BCUT2D eigenvalue weighted by molar-refractivity contribution is -0.130. The van der Waals surface area contributed by atoms with Crippen molar-refractivity contribution in [1.82, 2.24) is 4.90 Å². The molecule has 84 valence electrons. The molecule has 0 spiro atoms. The summed E-state index contributed by atoms with van der Waals surface area (Å²) in [5.41, 5.74) is 6.13. The lowest BCUT2D eigenvalue weighted by Gasteiger charge is -2.31. The van der Waals surface area contributed by atoms with E-state index in [1.54, 1.807) is 6.92 Å². The van der Waals surface area contributed by atoms with Gasteiger partial charge >= 0.3 is 0 Å². The van der Waals surface area contributed by atoms with Gasteiger partial charge < -0.3 is 10.6 Å². The number of rotatable bonds is 2. The van der Waals surface area contributed by atoms with Crippen molar-refractivity contribution in [1.29, 1.82) is 0 Å². The Kier molecular flexibility index (Phi) is 3.88. The van der Waals surface area contributed by atoms with Crippen LogP contribution in [0.4, 0.5) is 0 Å². The third-order valence-corrected chi connectivity index (χ3v) is 2.95. The van der Waals surface area contributed by atoms with E-state index < -0.39 is 0 Å². The minimum Gasteiger partial charge on any atom is -0.366 e. The van der Waals surface area contributed by atoms with E-state index in [0.717, 1.165) is 31.5 Å². The molecule has 0 unspecified atom stereocenters. The second kappa shape index (κ2) is 4.96. The Bertz CT molecular complexity index is 289. The zero-order chi connectivity index (χ0) is 11.4. The van der Waals surface area contributed by atoms with E-state index in [2.05, 4.69) is 0 Å². The van der Waals surface area contributed by atoms with E-state index in [9.17, 15) is 9.59 Å². The van der Waals surface area contributed by atoms with E-state index in [1.807, 2.05) is 11.8 Å². The maximum absolute atomic E-state index is 11.1. The number of hydrogen-bond acceptors (Lipinski definition) is 2. The summed E-state index contributed by atoms with van der Waals surface area (Å²) in [5.74, 6) is 0.139. The van der Waals surface area contributed by atoms with Gasteiger partial charge in [-0.1, -0.05) is 5.57 Å². The van der Waals surface area contributed by atoms with E-state index in [0.29, 0.717) is 5.92 Å². The molecule has 0 saturated carbocycles. The van der Waals surface area contributed by atoms with Crippen LogP contribution in [0.5, 0.6) is 0 Å². The van der Waals surface area contributed by atoms with Crippen molar-refractivity contribution in [3.05, 3.63) is 11.6 Å². The van der Waals surface area contributed by atoms with E-state index >= 15 is 0 Å². The number of hydrogen-bond donors (Lipinski definition) is 1. The van der Waals surface area contributed by atoms with E-state index in [4.69, 9.17) is 5.73 Å². The first kappa shape index (κ1) is 11.8. The highest BCUT2D eigenvalue weighted by atomic mass is 16.2. The topological polar surface area (TPSA) is 63.4 Å². The number of nitrogens with two attached hydrogens (primary N) is 1. The molecule has 0 aromatic heterocycles. The van der Waals surface area contributed by atoms with Gasteiger partial charge in [0.25, 0.3) is 0 Å². The van der Waals surface area contributed by atoms with Crippen LogP contribution < -0.4 is 5.73 Å². The van der Waals surface area contributed by atoms with Crippen LogP contribution in [-0.4, -0.2) is 29.8 Å². The predicted octanol–water partition coefficient (Wildman–Crippen LogP) is 0.676. The van der Waals surface area contributed by atoms with Gasteiger partial charge in [-0.25, -0.2) is 0 Å². The summed E-state index contributed by atoms with van der Waals surface area (Å²) in [7, 11) is 0. The van der Waals surface area contributed by atoms with E-state index in [-0.39, 0.29) is 11.8 Å². The molecule has 0 aromatic carbocycles. The van der Waals surface area contributed by atoms with Crippen LogP contribution in [0.25, 0.3) is 0 Å². The molecule has 2 N–H and O–H groups in total. The van der Waals surface area contributed by atoms with Crippen molar-refractivity contribution < 1.29 is 9.59 Å². The van der Waals surface area contributed by atoms with Crippen LogP contribution >= 0.6 is 0 Å². The third kappa shape index (κ3) is 3.38. The lowest BCUT2D eigenvalue weighted by atomic mass is 9.90. The Morgan fingerprint density at radius 3 is 2.20 bits per heavy atom. The highest BCUT2D eigenvalue weighted by Gasteiger charge is 2.21. The second-order valence-electron chi connectivity index (χ2n) is 4.07. The Hall–Kier alpha value is -1.32. The fraction of sp³-hybridized carbons (Fsp3) is 0.636. The van der Waals surface area contributed by atoms with Gasteiger partial charge in [-0.05, 0) is 25.7 Å². The molecule has 4 nitrogen and oxygen atoms in total. The minimum atomic E-state index is -0.388. The molecule has 0 aromatic rings. The first-order chi connectivity index (χ1) is 7.00. The number of nitrogens with zero attached hydrogens (tertiary/aromatic N) is 1. The van der Waals surface area contributed by atoms with Crippen molar-refractivity contribution in [3.63, 3.8) is 0 Å². The fourth-order valence-electron chi connectivity index (χ4n) is 1.99. The molecule has 1 aliphatic heterocycles. The molecule has 2 amide bonds. The average molecular weight is 210 g/mol. The number of primary amides is 1. The summed E-state index contributed by atoms with van der Waals surface area (Å²) in [6.45, 7) is 5.08. The Labute approximate surface area is 90.1 Å². The SMILES string of the molecule is CC(=O)N1CCC(/C(C)=C/C(N)=O)CC1. The molecule has 1 saturated heterocycles. The minimum absolute atomic E-state index is 0.130. The largest absolute Gasteiger partial charge is 0.366 e. The maximum Gasteiger partial charge on any atom is 0.241 e. The van der Waals surface area contributed by atoms with Gasteiger partial charge in [-0.3, -0.25) is 9.59 Å². The number of carbonyl (C=O) groups excluding carboxylic acids is 2. The molecule has 1 rings (SSSR count). The molecule has 0 aliphatic carbocycles. The molecule has 1 heterocycles. The molecule has 15 heavy (non-hydrogen) atoms. The number of amides is 2. The summed E-state index contributed by atoms with van der Waals surface area (Å²) >= 11 is 0. The summed E-state index contributed by atoms with van der Waals surface area (Å²) in [6, 6.07) is 0. The highest BCUT2D eigenvalue weighted by molar-refractivity contribution is 5.86. The monoisotopic (exact) mass is 210 g/mol. The highest BCUT2D eigenvalue weighted by Crippen LogP contribution is 2.24. The molecule has 0 radical (unpaired) electrons. The molecule has 1 aliphatic rings.